The van der Waals surface area contributed by atoms with E-state index in [4.69, 9.17) is 9.84 Å². The first-order chi connectivity index (χ1) is 13.4. The number of benzene rings is 2. The van der Waals surface area contributed by atoms with Gasteiger partial charge in [-0.1, -0.05) is 6.07 Å². The van der Waals surface area contributed by atoms with E-state index in [1.165, 1.54) is 0 Å². The molecule has 8 nitrogen and oxygen atoms in total. The number of carbonyl (C=O) groups is 2. The van der Waals surface area contributed by atoms with E-state index in [0.29, 0.717) is 17.1 Å². The van der Waals surface area contributed by atoms with Crippen LogP contribution in [-0.2, 0) is 26.2 Å². The van der Waals surface area contributed by atoms with Crippen molar-refractivity contribution < 1.29 is 27.9 Å². The summed E-state index contributed by atoms with van der Waals surface area (Å²) in [5, 5.41) is 11.2. The van der Waals surface area contributed by atoms with Gasteiger partial charge in [-0.3, -0.25) is 14.3 Å². The summed E-state index contributed by atoms with van der Waals surface area (Å²) in [5.74, 6) is -1.16. The lowest BCUT2D eigenvalue weighted by molar-refractivity contribution is -0.139. The zero-order valence-electron chi connectivity index (χ0n) is 16.7. The third-order valence-electron chi connectivity index (χ3n) is 3.88. The highest BCUT2D eigenvalue weighted by Gasteiger charge is 2.12. The molecule has 0 aliphatic rings. The van der Waals surface area contributed by atoms with E-state index in [9.17, 15) is 18.0 Å². The Bertz CT molecular complexity index is 1020. The molecule has 0 aliphatic heterocycles. The number of carbonyl (C=O) groups excluding carboxylic acids is 1. The number of ether oxygens (including phenoxy) is 1. The molecule has 0 spiro atoms. The Morgan fingerprint density at radius 3 is 2.17 bits per heavy atom. The number of rotatable bonds is 8. The number of aryl methyl sites for hydroxylation is 3. The van der Waals surface area contributed by atoms with Gasteiger partial charge in [-0.2, -0.15) is 0 Å². The second kappa shape index (κ2) is 8.95. The predicted molar refractivity (Wildman–Crippen MR) is 111 cm³/mol. The maximum absolute atomic E-state index is 11.6. The lowest BCUT2D eigenvalue weighted by Gasteiger charge is -2.15. The van der Waals surface area contributed by atoms with Gasteiger partial charge in [0.1, 0.15) is 18.8 Å². The van der Waals surface area contributed by atoms with E-state index in [1.807, 2.05) is 26.8 Å². The molecule has 156 valence electrons. The van der Waals surface area contributed by atoms with Gasteiger partial charge in [0.05, 0.1) is 6.26 Å². The molecule has 1 amide bonds. The van der Waals surface area contributed by atoms with Crippen molar-refractivity contribution in [1.82, 2.24) is 0 Å². The monoisotopic (exact) mass is 420 g/mol. The van der Waals surface area contributed by atoms with Crippen molar-refractivity contribution in [2.75, 3.05) is 16.3 Å². The summed E-state index contributed by atoms with van der Waals surface area (Å²) >= 11 is 0. The van der Waals surface area contributed by atoms with Gasteiger partial charge in [-0.15, -0.1) is 0 Å². The SMILES string of the molecule is Cc1cc(COc2c(C)cc(NC(=O)CC(=O)O)cc2C)cc(NS(C)(=O)=O)c1. The number of carboxylic acids is 1. The van der Waals surface area contributed by atoms with E-state index < -0.39 is 28.3 Å². The van der Waals surface area contributed by atoms with Crippen molar-refractivity contribution in [3.8, 4) is 5.75 Å². The molecule has 0 aromatic heterocycles. The molecule has 3 N–H and O–H groups in total. The molecule has 2 rings (SSSR count). The van der Waals surface area contributed by atoms with Crippen molar-refractivity contribution >= 4 is 33.3 Å². The van der Waals surface area contributed by atoms with Crippen molar-refractivity contribution in [2.24, 2.45) is 0 Å². The van der Waals surface area contributed by atoms with Gasteiger partial charge >= 0.3 is 5.97 Å². The van der Waals surface area contributed by atoms with Crippen molar-refractivity contribution in [1.29, 1.82) is 0 Å². The second-order valence-corrected chi connectivity index (χ2v) is 8.68. The quantitative estimate of drug-likeness (QED) is 0.565. The molecule has 0 aliphatic carbocycles. The highest BCUT2D eigenvalue weighted by Crippen LogP contribution is 2.28. The summed E-state index contributed by atoms with van der Waals surface area (Å²) in [4.78, 5) is 22.2. The fourth-order valence-corrected chi connectivity index (χ4v) is 3.51. The van der Waals surface area contributed by atoms with E-state index in [2.05, 4.69) is 10.0 Å². The summed E-state index contributed by atoms with van der Waals surface area (Å²) in [5.41, 5.74) is 4.20. The summed E-state index contributed by atoms with van der Waals surface area (Å²) in [6, 6.07) is 8.75. The Kier molecular flexibility index (Phi) is 6.86. The molecule has 0 atom stereocenters. The van der Waals surface area contributed by atoms with Crippen LogP contribution >= 0.6 is 0 Å². The fourth-order valence-electron chi connectivity index (χ4n) is 2.97. The second-order valence-electron chi connectivity index (χ2n) is 6.93. The minimum absolute atomic E-state index is 0.229. The maximum Gasteiger partial charge on any atom is 0.312 e. The number of hydrogen-bond acceptors (Lipinski definition) is 5. The standard InChI is InChI=1S/C20H24N2O6S/c1-12-5-15(9-17(6-12)22-29(4,26)27)11-28-20-13(2)7-16(8-14(20)3)21-18(23)10-19(24)25/h5-9,22H,10-11H2,1-4H3,(H,21,23)(H,24,25). The molecule has 2 aromatic carbocycles. The Morgan fingerprint density at radius 2 is 1.62 bits per heavy atom. The van der Waals surface area contributed by atoms with Gasteiger partial charge in [-0.25, -0.2) is 8.42 Å². The Hall–Kier alpha value is -3.07. The maximum atomic E-state index is 11.6. The number of aliphatic carboxylic acids is 1. The number of hydrogen-bond donors (Lipinski definition) is 3. The summed E-state index contributed by atoms with van der Waals surface area (Å²) in [6.07, 6.45) is 0.489. The minimum Gasteiger partial charge on any atom is -0.488 e. The van der Waals surface area contributed by atoms with Crippen LogP contribution in [0.3, 0.4) is 0 Å². The topological polar surface area (TPSA) is 122 Å². The van der Waals surface area contributed by atoms with Crippen molar-refractivity contribution in [3.63, 3.8) is 0 Å². The average molecular weight is 420 g/mol. The predicted octanol–water partition coefficient (Wildman–Crippen LogP) is 2.98. The minimum atomic E-state index is -3.38. The van der Waals surface area contributed by atoms with Gasteiger partial charge in [0.15, 0.2) is 0 Å². The van der Waals surface area contributed by atoms with Crippen LogP contribution in [0.5, 0.6) is 5.75 Å². The number of amides is 1. The molecule has 2 aromatic rings. The number of nitrogens with one attached hydrogen (secondary N) is 2. The molecule has 0 bridgehead atoms. The molecule has 0 radical (unpaired) electrons. The highest BCUT2D eigenvalue weighted by molar-refractivity contribution is 7.92. The Balaban J connectivity index is 2.15. The van der Waals surface area contributed by atoms with Crippen LogP contribution in [0.4, 0.5) is 11.4 Å². The molecule has 29 heavy (non-hydrogen) atoms. The Morgan fingerprint density at radius 1 is 1.00 bits per heavy atom. The highest BCUT2D eigenvalue weighted by atomic mass is 32.2. The van der Waals surface area contributed by atoms with Gasteiger partial charge in [0.25, 0.3) is 0 Å². The number of sulfonamides is 1. The first-order valence-corrected chi connectivity index (χ1v) is 10.7. The van der Waals surface area contributed by atoms with Crippen LogP contribution in [0.2, 0.25) is 0 Å². The third kappa shape index (κ3) is 7.11. The fraction of sp³-hybridized carbons (Fsp3) is 0.300. The molecular weight excluding hydrogens is 396 g/mol. The van der Waals surface area contributed by atoms with E-state index >= 15 is 0 Å². The van der Waals surface area contributed by atoms with Crippen LogP contribution in [0.1, 0.15) is 28.7 Å². The normalized spacial score (nSPS) is 11.0. The van der Waals surface area contributed by atoms with Gasteiger partial charge < -0.3 is 15.2 Å². The van der Waals surface area contributed by atoms with Crippen LogP contribution in [0.15, 0.2) is 30.3 Å². The van der Waals surface area contributed by atoms with E-state index in [1.54, 1.807) is 24.3 Å². The Labute approximate surface area is 169 Å². The first kappa shape index (κ1) is 22.2. The van der Waals surface area contributed by atoms with E-state index in [0.717, 1.165) is 28.5 Å². The van der Waals surface area contributed by atoms with Crippen LogP contribution in [0, 0.1) is 20.8 Å². The first-order valence-electron chi connectivity index (χ1n) is 8.77. The summed E-state index contributed by atoms with van der Waals surface area (Å²) in [7, 11) is -3.38. The molecule has 9 heteroatoms. The molecule has 0 unspecified atom stereocenters. The number of anilines is 2. The van der Waals surface area contributed by atoms with Crippen LogP contribution in [0.25, 0.3) is 0 Å². The van der Waals surface area contributed by atoms with Crippen molar-refractivity contribution in [2.45, 2.75) is 33.8 Å². The summed E-state index contributed by atoms with van der Waals surface area (Å²) < 4.78 is 31.3. The van der Waals surface area contributed by atoms with Gasteiger partial charge in [-0.05, 0) is 67.3 Å². The molecule has 0 saturated carbocycles. The average Bonchev–Trinajstić information content (AvgIpc) is 2.50. The van der Waals surface area contributed by atoms with Gasteiger partial charge in [0, 0.05) is 11.4 Å². The lowest BCUT2D eigenvalue weighted by Crippen LogP contribution is -2.16. The third-order valence-corrected chi connectivity index (χ3v) is 4.49. The zero-order chi connectivity index (χ0) is 21.8. The summed E-state index contributed by atoms with van der Waals surface area (Å²) in [6.45, 7) is 5.73. The van der Waals surface area contributed by atoms with Crippen LogP contribution < -0.4 is 14.8 Å². The zero-order valence-corrected chi connectivity index (χ0v) is 17.5. The van der Waals surface area contributed by atoms with Crippen LogP contribution in [-0.4, -0.2) is 31.7 Å². The van der Waals surface area contributed by atoms with Gasteiger partial charge in [0.2, 0.25) is 15.9 Å². The number of carboxylic acid groups (broad SMARTS) is 1. The molecule has 0 saturated heterocycles. The smallest absolute Gasteiger partial charge is 0.312 e. The van der Waals surface area contributed by atoms with E-state index in [-0.39, 0.29) is 6.61 Å². The molecule has 0 heterocycles. The lowest BCUT2D eigenvalue weighted by atomic mass is 10.1. The molecule has 0 fully saturated rings. The molecular formula is C20H24N2O6S. The van der Waals surface area contributed by atoms with Crippen molar-refractivity contribution in [3.05, 3.63) is 52.6 Å². The largest absolute Gasteiger partial charge is 0.488 e.